The first kappa shape index (κ1) is 16.6. The first-order chi connectivity index (χ1) is 10.3. The highest BCUT2D eigenvalue weighted by Crippen LogP contribution is 2.27. The summed E-state index contributed by atoms with van der Waals surface area (Å²) in [5.41, 5.74) is -0.0177. The lowest BCUT2D eigenvalue weighted by atomic mass is 9.92. The number of aromatic amines is 1. The van der Waals surface area contributed by atoms with Gasteiger partial charge in [-0.25, -0.2) is 8.78 Å². The molecule has 1 aromatic heterocycles. The van der Waals surface area contributed by atoms with Crippen LogP contribution in [0.4, 0.5) is 8.78 Å². The number of nitrogens with one attached hydrogen (secondary N) is 2. The van der Waals surface area contributed by atoms with E-state index in [0.717, 1.165) is 0 Å². The average molecular weight is 309 g/mol. The Morgan fingerprint density at radius 2 is 1.95 bits per heavy atom. The molecule has 3 N–H and O–H groups in total. The summed E-state index contributed by atoms with van der Waals surface area (Å²) in [6.45, 7) is 6.33. The first-order valence-corrected chi connectivity index (χ1v) is 7.22. The predicted octanol–water partition coefficient (Wildman–Crippen LogP) is 2.85. The molecule has 0 saturated heterocycles. The van der Waals surface area contributed by atoms with Crippen LogP contribution in [0.5, 0.6) is 0 Å². The van der Waals surface area contributed by atoms with Crippen LogP contribution >= 0.6 is 0 Å². The summed E-state index contributed by atoms with van der Waals surface area (Å²) >= 11 is 0. The molecule has 0 spiro atoms. The van der Waals surface area contributed by atoms with Gasteiger partial charge in [0, 0.05) is 18.7 Å². The molecular weight excluding hydrogens is 288 g/mol. The lowest BCUT2D eigenvalue weighted by molar-refractivity contribution is 0.0140. The van der Waals surface area contributed by atoms with E-state index in [0.29, 0.717) is 24.3 Å². The van der Waals surface area contributed by atoms with Gasteiger partial charge in [0.1, 0.15) is 11.6 Å². The fourth-order valence-corrected chi connectivity index (χ4v) is 2.05. The summed E-state index contributed by atoms with van der Waals surface area (Å²) in [7, 11) is 0. The van der Waals surface area contributed by atoms with Crippen LogP contribution in [0.25, 0.3) is 11.3 Å². The van der Waals surface area contributed by atoms with Gasteiger partial charge in [0.25, 0.3) is 0 Å². The van der Waals surface area contributed by atoms with Crippen molar-refractivity contribution in [2.75, 3.05) is 6.54 Å². The van der Waals surface area contributed by atoms with E-state index in [1.807, 2.05) is 13.8 Å². The second-order valence-electron chi connectivity index (χ2n) is 5.98. The number of H-pyrrole nitrogens is 1. The van der Waals surface area contributed by atoms with Crippen molar-refractivity contribution >= 4 is 0 Å². The molecule has 1 aromatic carbocycles. The smallest absolute Gasteiger partial charge is 0.135 e. The number of halogens is 2. The molecule has 0 fully saturated rings. The number of aromatic nitrogens is 2. The molecule has 1 unspecified atom stereocenters. The minimum atomic E-state index is -0.854. The van der Waals surface area contributed by atoms with E-state index in [4.69, 9.17) is 0 Å². The van der Waals surface area contributed by atoms with Crippen LogP contribution in [0, 0.1) is 17.6 Å². The average Bonchev–Trinajstić information content (AvgIpc) is 2.86. The van der Waals surface area contributed by atoms with E-state index in [9.17, 15) is 13.9 Å². The fourth-order valence-electron chi connectivity index (χ4n) is 2.05. The summed E-state index contributed by atoms with van der Waals surface area (Å²) < 4.78 is 27.7. The predicted molar refractivity (Wildman–Crippen MR) is 81.1 cm³/mol. The van der Waals surface area contributed by atoms with Crippen molar-refractivity contribution in [3.63, 3.8) is 0 Å². The third-order valence-electron chi connectivity index (χ3n) is 3.97. The zero-order valence-corrected chi connectivity index (χ0v) is 13.0. The van der Waals surface area contributed by atoms with Gasteiger partial charge in [-0.3, -0.25) is 5.10 Å². The Balaban J connectivity index is 2.14. The maximum absolute atomic E-state index is 13.9. The zero-order valence-electron chi connectivity index (χ0n) is 13.0. The number of benzene rings is 1. The number of rotatable bonds is 6. The first-order valence-electron chi connectivity index (χ1n) is 7.22. The SMILES string of the molecule is CC(C)C(C)(O)CNCc1cn[nH]c1-c1c(F)cccc1F. The molecule has 0 aliphatic rings. The van der Waals surface area contributed by atoms with Crippen LogP contribution in [-0.2, 0) is 6.54 Å². The summed E-state index contributed by atoms with van der Waals surface area (Å²) in [6.07, 6.45) is 1.53. The standard InChI is InChI=1S/C16H21F2N3O/c1-10(2)16(3,22)9-19-7-11-8-20-21-15(11)14-12(17)5-4-6-13(14)18/h4-6,8,10,19,22H,7,9H2,1-3H3,(H,20,21). The lowest BCUT2D eigenvalue weighted by Crippen LogP contribution is -2.41. The van der Waals surface area contributed by atoms with Crippen molar-refractivity contribution in [2.24, 2.45) is 5.92 Å². The van der Waals surface area contributed by atoms with Crippen LogP contribution in [-0.4, -0.2) is 27.4 Å². The summed E-state index contributed by atoms with van der Waals surface area (Å²) in [4.78, 5) is 0. The van der Waals surface area contributed by atoms with Gasteiger partial charge in [-0.1, -0.05) is 19.9 Å². The Morgan fingerprint density at radius 1 is 1.32 bits per heavy atom. The van der Waals surface area contributed by atoms with E-state index in [1.165, 1.54) is 24.4 Å². The van der Waals surface area contributed by atoms with Crippen LogP contribution in [0.3, 0.4) is 0 Å². The molecule has 22 heavy (non-hydrogen) atoms. The van der Waals surface area contributed by atoms with Crippen LogP contribution in [0.15, 0.2) is 24.4 Å². The summed E-state index contributed by atoms with van der Waals surface area (Å²) in [6, 6.07) is 3.74. The highest BCUT2D eigenvalue weighted by Gasteiger charge is 2.24. The van der Waals surface area contributed by atoms with Gasteiger partial charge in [-0.15, -0.1) is 0 Å². The lowest BCUT2D eigenvalue weighted by Gasteiger charge is -2.28. The van der Waals surface area contributed by atoms with E-state index in [1.54, 1.807) is 6.92 Å². The Kier molecular flexibility index (Phi) is 4.93. The molecule has 4 nitrogen and oxygen atoms in total. The molecule has 120 valence electrons. The Labute approximate surface area is 128 Å². The van der Waals surface area contributed by atoms with Crippen LogP contribution < -0.4 is 5.32 Å². The topological polar surface area (TPSA) is 60.9 Å². The Hall–Kier alpha value is -1.79. The molecule has 0 aliphatic carbocycles. The molecule has 0 radical (unpaired) electrons. The van der Waals surface area contributed by atoms with Gasteiger partial charge in [-0.05, 0) is 25.0 Å². The molecule has 0 saturated carbocycles. The van der Waals surface area contributed by atoms with E-state index in [2.05, 4.69) is 15.5 Å². The van der Waals surface area contributed by atoms with Gasteiger partial charge in [0.05, 0.1) is 23.1 Å². The molecule has 1 atom stereocenters. The Morgan fingerprint density at radius 3 is 2.55 bits per heavy atom. The van der Waals surface area contributed by atoms with Gasteiger partial charge in [0.2, 0.25) is 0 Å². The van der Waals surface area contributed by atoms with Crippen molar-refractivity contribution in [1.29, 1.82) is 0 Å². The van der Waals surface area contributed by atoms with Gasteiger partial charge in [0.15, 0.2) is 0 Å². The Bertz CT molecular complexity index is 618. The normalized spacial score (nSPS) is 14.3. The van der Waals surface area contributed by atoms with Crippen molar-refractivity contribution in [1.82, 2.24) is 15.5 Å². The summed E-state index contributed by atoms with van der Waals surface area (Å²) in [5.74, 6) is -1.19. The van der Waals surface area contributed by atoms with E-state index in [-0.39, 0.29) is 11.5 Å². The van der Waals surface area contributed by atoms with Crippen molar-refractivity contribution in [3.8, 4) is 11.3 Å². The minimum Gasteiger partial charge on any atom is -0.389 e. The van der Waals surface area contributed by atoms with Gasteiger partial charge >= 0.3 is 0 Å². The number of aliphatic hydroxyl groups is 1. The van der Waals surface area contributed by atoms with E-state index >= 15 is 0 Å². The number of hydrogen-bond acceptors (Lipinski definition) is 3. The highest BCUT2D eigenvalue weighted by atomic mass is 19.1. The molecule has 1 heterocycles. The van der Waals surface area contributed by atoms with Crippen LogP contribution in [0.1, 0.15) is 26.3 Å². The maximum atomic E-state index is 13.9. The third kappa shape index (κ3) is 3.51. The molecule has 0 amide bonds. The molecule has 6 heteroatoms. The van der Waals surface area contributed by atoms with Crippen LogP contribution in [0.2, 0.25) is 0 Å². The highest BCUT2D eigenvalue weighted by molar-refractivity contribution is 5.64. The quantitative estimate of drug-likeness (QED) is 0.769. The summed E-state index contributed by atoms with van der Waals surface area (Å²) in [5, 5.41) is 19.8. The molecule has 2 rings (SSSR count). The zero-order chi connectivity index (χ0) is 16.3. The second kappa shape index (κ2) is 6.54. The van der Waals surface area contributed by atoms with Crippen molar-refractivity contribution in [3.05, 3.63) is 41.6 Å². The molecule has 0 bridgehead atoms. The molecule has 2 aromatic rings. The second-order valence-corrected chi connectivity index (χ2v) is 5.98. The van der Waals surface area contributed by atoms with Crippen molar-refractivity contribution in [2.45, 2.75) is 32.9 Å². The maximum Gasteiger partial charge on any atom is 0.135 e. The number of nitrogens with zero attached hydrogens (tertiary/aromatic N) is 1. The molecule has 0 aliphatic heterocycles. The monoisotopic (exact) mass is 309 g/mol. The third-order valence-corrected chi connectivity index (χ3v) is 3.97. The number of hydrogen-bond donors (Lipinski definition) is 3. The largest absolute Gasteiger partial charge is 0.389 e. The van der Waals surface area contributed by atoms with Crippen molar-refractivity contribution < 1.29 is 13.9 Å². The van der Waals surface area contributed by atoms with Gasteiger partial charge < -0.3 is 10.4 Å². The van der Waals surface area contributed by atoms with E-state index < -0.39 is 17.2 Å². The molecular formula is C16H21F2N3O. The minimum absolute atomic E-state index is 0.0906. The van der Waals surface area contributed by atoms with Gasteiger partial charge in [-0.2, -0.15) is 5.10 Å². The fraction of sp³-hybridized carbons (Fsp3) is 0.438.